The van der Waals surface area contributed by atoms with E-state index in [9.17, 15) is 4.79 Å². The summed E-state index contributed by atoms with van der Waals surface area (Å²) < 4.78 is 5.82. The van der Waals surface area contributed by atoms with Crippen LogP contribution in [0.15, 0.2) is 24.3 Å². The van der Waals surface area contributed by atoms with Gasteiger partial charge < -0.3 is 19.9 Å². The molecule has 5 heteroatoms. The van der Waals surface area contributed by atoms with Crippen LogP contribution in [-0.2, 0) is 4.74 Å². The molecule has 3 fully saturated rings. The van der Waals surface area contributed by atoms with Crippen molar-refractivity contribution >= 4 is 11.7 Å². The molecule has 2 amide bonds. The fraction of sp³-hybridized carbons (Fsp3) is 0.650. The first-order valence-electron chi connectivity index (χ1n) is 9.76. The number of benzene rings is 1. The molecule has 25 heavy (non-hydrogen) atoms. The van der Waals surface area contributed by atoms with Crippen LogP contribution in [0.2, 0.25) is 0 Å². The average Bonchev–Trinajstić information content (AvgIpc) is 3.33. The van der Waals surface area contributed by atoms with Crippen LogP contribution in [0.3, 0.4) is 0 Å². The highest BCUT2D eigenvalue weighted by Crippen LogP contribution is 2.30. The van der Waals surface area contributed by atoms with E-state index in [2.05, 4.69) is 41.4 Å². The predicted molar refractivity (Wildman–Crippen MR) is 98.9 cm³/mol. The first-order valence-corrected chi connectivity index (χ1v) is 9.76. The maximum absolute atomic E-state index is 12.8. The highest BCUT2D eigenvalue weighted by atomic mass is 16.5. The van der Waals surface area contributed by atoms with Gasteiger partial charge >= 0.3 is 6.03 Å². The van der Waals surface area contributed by atoms with Gasteiger partial charge in [0.2, 0.25) is 0 Å². The Morgan fingerprint density at radius 3 is 2.88 bits per heavy atom. The van der Waals surface area contributed by atoms with Crippen molar-refractivity contribution in [3.63, 3.8) is 0 Å². The smallest absolute Gasteiger partial charge is 0.318 e. The number of urea groups is 1. The summed E-state index contributed by atoms with van der Waals surface area (Å²) in [4.78, 5) is 17.3. The van der Waals surface area contributed by atoms with Crippen LogP contribution < -0.4 is 10.2 Å². The van der Waals surface area contributed by atoms with E-state index in [0.29, 0.717) is 13.2 Å². The number of ether oxygens (including phenoxy) is 1. The Morgan fingerprint density at radius 1 is 1.20 bits per heavy atom. The lowest BCUT2D eigenvalue weighted by molar-refractivity contribution is -0.0385. The van der Waals surface area contributed by atoms with Crippen molar-refractivity contribution in [3.05, 3.63) is 29.8 Å². The average molecular weight is 343 g/mol. The number of anilines is 1. The van der Waals surface area contributed by atoms with Gasteiger partial charge in [-0.05, 0) is 56.7 Å². The summed E-state index contributed by atoms with van der Waals surface area (Å²) in [6.07, 6.45) is 6.10. The third-order valence-electron chi connectivity index (χ3n) is 5.92. The van der Waals surface area contributed by atoms with Gasteiger partial charge in [0, 0.05) is 25.3 Å². The first kappa shape index (κ1) is 16.7. The minimum absolute atomic E-state index is 0.0118. The summed E-state index contributed by atoms with van der Waals surface area (Å²) in [7, 11) is 0. The van der Waals surface area contributed by atoms with Crippen molar-refractivity contribution in [2.24, 2.45) is 0 Å². The van der Waals surface area contributed by atoms with E-state index in [1.165, 1.54) is 24.1 Å². The van der Waals surface area contributed by atoms with Gasteiger partial charge in [0.25, 0.3) is 0 Å². The number of hydrogen-bond donors (Lipinski definition) is 1. The van der Waals surface area contributed by atoms with Gasteiger partial charge in [-0.3, -0.25) is 0 Å². The van der Waals surface area contributed by atoms with Gasteiger partial charge in [-0.2, -0.15) is 0 Å². The summed E-state index contributed by atoms with van der Waals surface area (Å²) >= 11 is 0. The number of hydrogen-bond acceptors (Lipinski definition) is 3. The molecule has 2 saturated heterocycles. The minimum Gasteiger partial charge on any atom is -0.374 e. The van der Waals surface area contributed by atoms with E-state index in [0.717, 1.165) is 32.4 Å². The third kappa shape index (κ3) is 3.47. The van der Waals surface area contributed by atoms with E-state index in [-0.39, 0.29) is 24.2 Å². The van der Waals surface area contributed by atoms with Gasteiger partial charge in [0.1, 0.15) is 0 Å². The Bertz CT molecular complexity index is 615. The van der Waals surface area contributed by atoms with Gasteiger partial charge in [-0.1, -0.05) is 12.1 Å². The monoisotopic (exact) mass is 343 g/mol. The minimum atomic E-state index is 0.0118. The number of fused-ring (bicyclic) bond motifs is 1. The van der Waals surface area contributed by atoms with Gasteiger partial charge in [0.15, 0.2) is 0 Å². The lowest BCUT2D eigenvalue weighted by Gasteiger charge is -2.38. The molecular formula is C20H29N3O2. The number of morpholine rings is 1. The second-order valence-electron chi connectivity index (χ2n) is 7.56. The van der Waals surface area contributed by atoms with Crippen molar-refractivity contribution in [1.82, 2.24) is 10.2 Å². The van der Waals surface area contributed by atoms with Crippen LogP contribution in [-0.4, -0.2) is 49.3 Å². The van der Waals surface area contributed by atoms with Crippen LogP contribution in [0, 0.1) is 0 Å². The van der Waals surface area contributed by atoms with Crippen molar-refractivity contribution in [1.29, 1.82) is 0 Å². The van der Waals surface area contributed by atoms with Crippen LogP contribution >= 0.6 is 0 Å². The second-order valence-corrected chi connectivity index (χ2v) is 7.56. The quantitative estimate of drug-likeness (QED) is 0.916. The zero-order valence-electron chi connectivity index (χ0n) is 15.1. The molecule has 1 aromatic rings. The summed E-state index contributed by atoms with van der Waals surface area (Å²) in [5.41, 5.74) is 2.45. The fourth-order valence-corrected chi connectivity index (χ4v) is 4.50. The summed E-state index contributed by atoms with van der Waals surface area (Å²) in [6, 6.07) is 8.95. The van der Waals surface area contributed by atoms with Gasteiger partial charge in [-0.15, -0.1) is 0 Å². The fourth-order valence-electron chi connectivity index (χ4n) is 4.50. The molecule has 3 atom stereocenters. The van der Waals surface area contributed by atoms with Crippen LogP contribution in [0.4, 0.5) is 10.5 Å². The molecule has 1 saturated carbocycles. The highest BCUT2D eigenvalue weighted by molar-refractivity contribution is 5.75. The topological polar surface area (TPSA) is 44.8 Å². The second kappa shape index (κ2) is 7.24. The summed E-state index contributed by atoms with van der Waals surface area (Å²) in [5.74, 6) is 0. The van der Waals surface area contributed by atoms with E-state index < -0.39 is 0 Å². The standard InChI is InChI=1S/C20H29N3O2/c1-15(16-6-4-7-17(14-16)22-10-2-3-11-22)21-20(24)23-12-13-25-19-9-5-8-18(19)23/h4,6-7,14-15,18-19H,2-3,5,8-13H2,1H3,(H,21,24)/t15-,18+,19-/m0/s1. The van der Waals surface area contributed by atoms with Crippen molar-refractivity contribution in [3.8, 4) is 0 Å². The number of carbonyl (C=O) groups is 1. The first-order chi connectivity index (χ1) is 12.2. The molecule has 0 bridgehead atoms. The summed E-state index contributed by atoms with van der Waals surface area (Å²) in [6.45, 7) is 5.72. The number of rotatable bonds is 3. The SMILES string of the molecule is C[C@H](NC(=O)N1CCO[C@H]2CCC[C@H]21)c1cccc(N2CCCC2)c1. The Morgan fingerprint density at radius 2 is 2.04 bits per heavy atom. The number of carbonyl (C=O) groups excluding carboxylic acids is 1. The Hall–Kier alpha value is -1.75. The summed E-state index contributed by atoms with van der Waals surface area (Å²) in [5, 5.41) is 3.21. The van der Waals surface area contributed by atoms with E-state index >= 15 is 0 Å². The van der Waals surface area contributed by atoms with Crippen molar-refractivity contribution < 1.29 is 9.53 Å². The predicted octanol–water partition coefficient (Wildman–Crippen LogP) is 3.31. The molecule has 1 aliphatic carbocycles. The zero-order valence-corrected chi connectivity index (χ0v) is 15.1. The third-order valence-corrected chi connectivity index (χ3v) is 5.92. The molecule has 1 aromatic carbocycles. The molecule has 1 N–H and O–H groups in total. The zero-order chi connectivity index (χ0) is 17.2. The molecule has 0 spiro atoms. The highest BCUT2D eigenvalue weighted by Gasteiger charge is 2.38. The molecule has 0 unspecified atom stereocenters. The van der Waals surface area contributed by atoms with E-state index in [1.807, 2.05) is 4.90 Å². The Balaban J connectivity index is 1.41. The molecule has 0 radical (unpaired) electrons. The number of amides is 2. The van der Waals surface area contributed by atoms with Gasteiger partial charge in [-0.25, -0.2) is 4.79 Å². The van der Waals surface area contributed by atoms with Crippen LogP contribution in [0.5, 0.6) is 0 Å². The molecule has 5 nitrogen and oxygen atoms in total. The molecule has 2 heterocycles. The van der Waals surface area contributed by atoms with E-state index in [4.69, 9.17) is 4.74 Å². The maximum atomic E-state index is 12.8. The molecule has 136 valence electrons. The Labute approximate surface area is 150 Å². The molecule has 0 aromatic heterocycles. The molecule has 4 rings (SSSR count). The van der Waals surface area contributed by atoms with Gasteiger partial charge in [0.05, 0.1) is 24.8 Å². The molecular weight excluding hydrogens is 314 g/mol. The molecule has 3 aliphatic rings. The van der Waals surface area contributed by atoms with Crippen LogP contribution in [0.25, 0.3) is 0 Å². The van der Waals surface area contributed by atoms with Crippen molar-refractivity contribution in [2.45, 2.75) is 57.2 Å². The number of nitrogens with zero attached hydrogens (tertiary/aromatic N) is 2. The lowest BCUT2D eigenvalue weighted by atomic mass is 10.1. The maximum Gasteiger partial charge on any atom is 0.318 e. The Kier molecular flexibility index (Phi) is 4.84. The lowest BCUT2D eigenvalue weighted by Crippen LogP contribution is -2.54. The van der Waals surface area contributed by atoms with E-state index in [1.54, 1.807) is 0 Å². The van der Waals surface area contributed by atoms with Crippen molar-refractivity contribution in [2.75, 3.05) is 31.1 Å². The normalized spacial score (nSPS) is 27.2. The number of nitrogens with one attached hydrogen (secondary N) is 1. The van der Waals surface area contributed by atoms with Crippen LogP contribution in [0.1, 0.15) is 50.6 Å². The molecule has 2 aliphatic heterocycles. The largest absolute Gasteiger partial charge is 0.374 e.